The zero-order chi connectivity index (χ0) is 25.2. The van der Waals surface area contributed by atoms with Crippen LogP contribution in [0.4, 0.5) is 0 Å². The van der Waals surface area contributed by atoms with Crippen molar-refractivity contribution in [2.75, 3.05) is 21.3 Å². The van der Waals surface area contributed by atoms with Gasteiger partial charge in [-0.1, -0.05) is 54.6 Å². The van der Waals surface area contributed by atoms with E-state index in [9.17, 15) is 9.59 Å². The molecule has 0 radical (unpaired) electrons. The predicted octanol–water partition coefficient (Wildman–Crippen LogP) is 5.79. The monoisotopic (exact) mass is 474 g/mol. The molecule has 3 aromatic carbocycles. The van der Waals surface area contributed by atoms with E-state index in [1.165, 1.54) is 12.7 Å². The van der Waals surface area contributed by atoms with Crippen molar-refractivity contribution < 1.29 is 23.8 Å². The van der Waals surface area contributed by atoms with E-state index in [2.05, 4.69) is 12.1 Å². The molecule has 0 aliphatic rings. The maximum absolute atomic E-state index is 13.7. The number of ketones is 1. The van der Waals surface area contributed by atoms with E-state index in [0.717, 1.165) is 36.0 Å². The number of Topliss-reactive ketones (excluding diaryl/α,β-unsaturated/α-hetero) is 1. The molecule has 184 valence electrons. The first-order chi connectivity index (χ1) is 16.9. The Morgan fingerprint density at radius 3 is 1.97 bits per heavy atom. The van der Waals surface area contributed by atoms with Gasteiger partial charge in [0.15, 0.2) is 5.78 Å². The second-order valence-corrected chi connectivity index (χ2v) is 8.72. The first-order valence-corrected chi connectivity index (χ1v) is 11.9. The third-order valence-corrected chi connectivity index (χ3v) is 6.35. The average molecular weight is 475 g/mol. The summed E-state index contributed by atoms with van der Waals surface area (Å²) in [7, 11) is 4.59. The van der Waals surface area contributed by atoms with Crippen LogP contribution in [-0.4, -0.2) is 33.1 Å². The smallest absolute Gasteiger partial charge is 0.309 e. The summed E-state index contributed by atoms with van der Waals surface area (Å²) in [4.78, 5) is 25.3. The third-order valence-electron chi connectivity index (χ3n) is 6.35. The number of ether oxygens (including phenoxy) is 3. The second kappa shape index (κ2) is 12.7. The number of esters is 1. The van der Waals surface area contributed by atoms with Crippen molar-refractivity contribution in [2.24, 2.45) is 5.92 Å². The summed E-state index contributed by atoms with van der Waals surface area (Å²) in [6, 6.07) is 21.8. The van der Waals surface area contributed by atoms with Crippen LogP contribution in [0.5, 0.6) is 11.5 Å². The minimum absolute atomic E-state index is 0.0771. The molecule has 0 heterocycles. The van der Waals surface area contributed by atoms with Gasteiger partial charge in [0.25, 0.3) is 0 Å². The van der Waals surface area contributed by atoms with Crippen molar-refractivity contribution >= 4 is 11.8 Å². The Morgan fingerprint density at radius 1 is 0.800 bits per heavy atom. The van der Waals surface area contributed by atoms with Crippen LogP contribution in [0.2, 0.25) is 0 Å². The van der Waals surface area contributed by atoms with Crippen LogP contribution in [0, 0.1) is 12.8 Å². The second-order valence-electron chi connectivity index (χ2n) is 8.72. The maximum Gasteiger partial charge on any atom is 0.309 e. The highest BCUT2D eigenvalue weighted by molar-refractivity contribution is 5.99. The van der Waals surface area contributed by atoms with Gasteiger partial charge in [-0.05, 0) is 61.4 Å². The van der Waals surface area contributed by atoms with Crippen LogP contribution >= 0.6 is 0 Å². The zero-order valence-corrected chi connectivity index (χ0v) is 21.0. The molecule has 3 rings (SSSR count). The van der Waals surface area contributed by atoms with Crippen LogP contribution in [0.25, 0.3) is 0 Å². The summed E-state index contributed by atoms with van der Waals surface area (Å²) in [6.07, 6.45) is 3.43. The molecule has 0 aliphatic carbocycles. The summed E-state index contributed by atoms with van der Waals surface area (Å²) in [5.74, 6) is 0.898. The van der Waals surface area contributed by atoms with E-state index in [1.54, 1.807) is 14.2 Å². The highest BCUT2D eigenvalue weighted by Crippen LogP contribution is 2.32. The van der Waals surface area contributed by atoms with Crippen molar-refractivity contribution in [3.05, 3.63) is 94.5 Å². The molecular formula is C30H34O5. The molecule has 1 atom stereocenters. The van der Waals surface area contributed by atoms with Gasteiger partial charge in [-0.15, -0.1) is 0 Å². The highest BCUT2D eigenvalue weighted by atomic mass is 16.5. The highest BCUT2D eigenvalue weighted by Gasteiger charge is 2.23. The maximum atomic E-state index is 13.7. The molecule has 0 amide bonds. The molecule has 0 N–H and O–H groups in total. The number of methoxy groups -OCH3 is 3. The lowest BCUT2D eigenvalue weighted by atomic mass is 9.86. The molecule has 3 aromatic rings. The minimum Gasteiger partial charge on any atom is -0.496 e. The van der Waals surface area contributed by atoms with Gasteiger partial charge in [0.05, 0.1) is 27.8 Å². The topological polar surface area (TPSA) is 61.8 Å². The Labute approximate surface area is 208 Å². The standard InChI is InChI=1S/C30H34O5/c1-21-27(33-2)19-26(20-28(21)34-3)30(32)25(12-8-11-22-9-6-5-7-10-22)17-23-13-15-24(16-14-23)18-29(31)35-4/h5-7,9-10,13-16,19-20,25H,8,11-12,17-18H2,1-4H3. The molecule has 0 bridgehead atoms. The fraction of sp³-hybridized carbons (Fsp3) is 0.333. The van der Waals surface area contributed by atoms with Crippen molar-refractivity contribution in [2.45, 2.75) is 39.0 Å². The first-order valence-electron chi connectivity index (χ1n) is 11.9. The largest absolute Gasteiger partial charge is 0.496 e. The van der Waals surface area contributed by atoms with E-state index in [1.807, 2.05) is 61.5 Å². The fourth-order valence-corrected chi connectivity index (χ4v) is 4.30. The number of rotatable bonds is 12. The molecule has 1 unspecified atom stereocenters. The molecule has 0 saturated heterocycles. The number of hydrogen-bond acceptors (Lipinski definition) is 5. The number of carbonyl (C=O) groups is 2. The van der Waals surface area contributed by atoms with Crippen molar-refractivity contribution in [3.63, 3.8) is 0 Å². The Kier molecular flexibility index (Phi) is 9.47. The SMILES string of the molecule is COC(=O)Cc1ccc(CC(CCCc2ccccc2)C(=O)c2cc(OC)c(C)c(OC)c2)cc1. The summed E-state index contributed by atoms with van der Waals surface area (Å²) in [5.41, 5.74) is 4.68. The molecule has 0 fully saturated rings. The molecule has 0 aromatic heterocycles. The number of hydrogen-bond donors (Lipinski definition) is 0. The van der Waals surface area contributed by atoms with Gasteiger partial charge in [-0.2, -0.15) is 0 Å². The fourth-order valence-electron chi connectivity index (χ4n) is 4.30. The molecular weight excluding hydrogens is 440 g/mol. The van der Waals surface area contributed by atoms with Crippen molar-refractivity contribution in [3.8, 4) is 11.5 Å². The van der Waals surface area contributed by atoms with Gasteiger partial charge < -0.3 is 14.2 Å². The number of benzene rings is 3. The average Bonchev–Trinajstić information content (AvgIpc) is 2.89. The molecule has 35 heavy (non-hydrogen) atoms. The normalized spacial score (nSPS) is 11.5. The lowest BCUT2D eigenvalue weighted by molar-refractivity contribution is -0.139. The zero-order valence-electron chi connectivity index (χ0n) is 21.0. The quantitative estimate of drug-likeness (QED) is 0.246. The van der Waals surface area contributed by atoms with E-state index in [4.69, 9.17) is 14.2 Å². The summed E-state index contributed by atoms with van der Waals surface area (Å²) in [5, 5.41) is 0. The van der Waals surface area contributed by atoms with E-state index >= 15 is 0 Å². The van der Waals surface area contributed by atoms with Gasteiger partial charge in [0.2, 0.25) is 0 Å². The van der Waals surface area contributed by atoms with Gasteiger partial charge in [-0.25, -0.2) is 0 Å². The summed E-state index contributed by atoms with van der Waals surface area (Å²) in [6.45, 7) is 1.92. The van der Waals surface area contributed by atoms with Crippen LogP contribution in [0.1, 0.15) is 45.5 Å². The van der Waals surface area contributed by atoms with Gasteiger partial charge in [-0.3, -0.25) is 9.59 Å². The van der Waals surface area contributed by atoms with Gasteiger partial charge >= 0.3 is 5.97 Å². The van der Waals surface area contributed by atoms with Crippen LogP contribution in [0.3, 0.4) is 0 Å². The van der Waals surface area contributed by atoms with Crippen LogP contribution < -0.4 is 9.47 Å². The van der Waals surface area contributed by atoms with E-state index < -0.39 is 0 Å². The number of carbonyl (C=O) groups excluding carboxylic acids is 2. The first kappa shape index (κ1) is 26.0. The van der Waals surface area contributed by atoms with E-state index in [0.29, 0.717) is 23.5 Å². The lowest BCUT2D eigenvalue weighted by Gasteiger charge is -2.19. The third kappa shape index (κ3) is 7.19. The molecule has 0 aliphatic heterocycles. The Hall–Kier alpha value is -3.60. The Balaban J connectivity index is 1.81. The molecule has 5 heteroatoms. The summed E-state index contributed by atoms with van der Waals surface area (Å²) < 4.78 is 15.8. The molecule has 5 nitrogen and oxygen atoms in total. The van der Waals surface area contributed by atoms with E-state index in [-0.39, 0.29) is 24.1 Å². The van der Waals surface area contributed by atoms with Crippen LogP contribution in [-0.2, 0) is 28.8 Å². The Bertz CT molecular complexity index is 1090. The summed E-state index contributed by atoms with van der Waals surface area (Å²) >= 11 is 0. The lowest BCUT2D eigenvalue weighted by Crippen LogP contribution is -2.18. The Morgan fingerprint density at radius 2 is 1.40 bits per heavy atom. The van der Waals surface area contributed by atoms with Crippen LogP contribution in [0.15, 0.2) is 66.7 Å². The van der Waals surface area contributed by atoms with Crippen molar-refractivity contribution in [1.29, 1.82) is 0 Å². The van der Waals surface area contributed by atoms with Crippen molar-refractivity contribution in [1.82, 2.24) is 0 Å². The number of aryl methyl sites for hydroxylation is 1. The van der Waals surface area contributed by atoms with Gasteiger partial charge in [0.1, 0.15) is 11.5 Å². The molecule has 0 saturated carbocycles. The van der Waals surface area contributed by atoms with Gasteiger partial charge in [0, 0.05) is 17.0 Å². The molecule has 0 spiro atoms. The minimum atomic E-state index is -0.269. The predicted molar refractivity (Wildman–Crippen MR) is 137 cm³/mol.